The average Bonchev–Trinajstić information content (AvgIpc) is 2.49. The summed E-state index contributed by atoms with van der Waals surface area (Å²) in [5.74, 6) is 0. The Bertz CT molecular complexity index is 527. The predicted molar refractivity (Wildman–Crippen MR) is 68.9 cm³/mol. The molecule has 0 bridgehead atoms. The van der Waals surface area contributed by atoms with Crippen LogP contribution in [0.3, 0.4) is 0 Å². The highest BCUT2D eigenvalue weighted by atomic mass is 127. The normalized spacial score (nSPS) is 10.4. The molecular weight excluding hydrogens is 329 g/mol. The molecule has 0 spiro atoms. The van der Waals surface area contributed by atoms with Crippen molar-refractivity contribution in [2.75, 3.05) is 0 Å². The lowest BCUT2D eigenvalue weighted by Gasteiger charge is -1.99. The number of hydrogen-bond acceptors (Lipinski definition) is 2. The maximum absolute atomic E-state index is 8.63. The number of nitrogens with zero attached hydrogens (tertiary/aromatic N) is 1. The summed E-state index contributed by atoms with van der Waals surface area (Å²) in [5.41, 5.74) is 0.915. The lowest BCUT2D eigenvalue weighted by atomic mass is 10.1. The van der Waals surface area contributed by atoms with Gasteiger partial charge in [-0.2, -0.15) is 5.26 Å². The van der Waals surface area contributed by atoms with E-state index in [9.17, 15) is 0 Å². The molecular formula is C10H5ClINS. The first-order valence-corrected chi connectivity index (χ1v) is 6.28. The van der Waals surface area contributed by atoms with Gasteiger partial charge in [-0.25, -0.2) is 0 Å². The molecule has 0 aliphatic carbocycles. The van der Waals surface area contributed by atoms with Crippen LogP contribution in [0.2, 0.25) is 5.02 Å². The van der Waals surface area contributed by atoms with Crippen LogP contribution in [0.25, 0.3) is 10.1 Å². The van der Waals surface area contributed by atoms with Gasteiger partial charge in [0.15, 0.2) is 0 Å². The molecule has 2 rings (SSSR count). The Kier molecular flexibility index (Phi) is 2.96. The Hall–Kier alpha value is -0.310. The van der Waals surface area contributed by atoms with Crippen LogP contribution in [0.5, 0.6) is 0 Å². The first-order chi connectivity index (χ1) is 6.72. The second-order valence-corrected chi connectivity index (χ2v) is 5.34. The van der Waals surface area contributed by atoms with Crippen LogP contribution in [0.4, 0.5) is 0 Å². The van der Waals surface area contributed by atoms with E-state index in [4.69, 9.17) is 16.9 Å². The maximum Gasteiger partial charge on any atom is 0.0670 e. The molecule has 0 N–H and O–H groups in total. The van der Waals surface area contributed by atoms with E-state index in [-0.39, 0.29) is 0 Å². The van der Waals surface area contributed by atoms with Gasteiger partial charge in [0.25, 0.3) is 0 Å². The molecule has 0 aliphatic rings. The summed E-state index contributed by atoms with van der Waals surface area (Å²) >= 11 is 10.0. The van der Waals surface area contributed by atoms with Crippen molar-refractivity contribution in [3.63, 3.8) is 0 Å². The quantitative estimate of drug-likeness (QED) is 0.717. The van der Waals surface area contributed by atoms with Crippen LogP contribution < -0.4 is 0 Å². The Morgan fingerprint density at radius 2 is 2.29 bits per heavy atom. The zero-order valence-corrected chi connectivity index (χ0v) is 10.8. The van der Waals surface area contributed by atoms with Crippen LogP contribution in [-0.4, -0.2) is 0 Å². The molecule has 0 fully saturated rings. The molecule has 0 atom stereocenters. The third-order valence-electron chi connectivity index (χ3n) is 1.96. The standard InChI is InChI=1S/C10H5ClINS/c11-8-4-10-7(9(12)5-14-10)3-6(8)1-2-13/h3-5H,1H2. The number of fused-ring (bicyclic) bond motifs is 1. The molecule has 0 unspecified atom stereocenters. The molecule has 70 valence electrons. The van der Waals surface area contributed by atoms with Gasteiger partial charge in [0.2, 0.25) is 0 Å². The minimum atomic E-state index is 0.376. The van der Waals surface area contributed by atoms with Gasteiger partial charge in [-0.3, -0.25) is 0 Å². The molecule has 0 aliphatic heterocycles. The summed E-state index contributed by atoms with van der Waals surface area (Å²) < 4.78 is 2.40. The van der Waals surface area contributed by atoms with E-state index in [1.54, 1.807) is 11.3 Å². The summed E-state index contributed by atoms with van der Waals surface area (Å²) in [6, 6.07) is 6.07. The minimum Gasteiger partial charge on any atom is -0.198 e. The van der Waals surface area contributed by atoms with Crippen LogP contribution in [-0.2, 0) is 6.42 Å². The predicted octanol–water partition coefficient (Wildman–Crippen LogP) is 4.23. The van der Waals surface area contributed by atoms with Crippen molar-refractivity contribution in [2.24, 2.45) is 0 Å². The highest BCUT2D eigenvalue weighted by Gasteiger charge is 2.06. The molecule has 1 aromatic carbocycles. The highest BCUT2D eigenvalue weighted by molar-refractivity contribution is 14.1. The van der Waals surface area contributed by atoms with Crippen molar-refractivity contribution in [3.05, 3.63) is 31.7 Å². The fraction of sp³-hybridized carbons (Fsp3) is 0.100. The van der Waals surface area contributed by atoms with Gasteiger partial charge in [-0.05, 0) is 40.3 Å². The SMILES string of the molecule is N#CCc1cc2c(I)csc2cc1Cl. The zero-order chi connectivity index (χ0) is 10.1. The molecule has 0 saturated heterocycles. The van der Waals surface area contributed by atoms with Crippen LogP contribution in [0.15, 0.2) is 17.5 Å². The zero-order valence-electron chi connectivity index (χ0n) is 7.05. The molecule has 4 heteroatoms. The highest BCUT2D eigenvalue weighted by Crippen LogP contribution is 2.32. The van der Waals surface area contributed by atoms with Crippen molar-refractivity contribution >= 4 is 55.6 Å². The molecule has 2 aromatic rings. The van der Waals surface area contributed by atoms with E-state index in [1.165, 1.54) is 13.7 Å². The largest absolute Gasteiger partial charge is 0.198 e. The van der Waals surface area contributed by atoms with E-state index in [1.807, 2.05) is 12.1 Å². The van der Waals surface area contributed by atoms with Crippen molar-refractivity contribution < 1.29 is 0 Å². The first-order valence-electron chi connectivity index (χ1n) is 3.94. The molecule has 0 radical (unpaired) electrons. The van der Waals surface area contributed by atoms with Crippen molar-refractivity contribution in [1.29, 1.82) is 5.26 Å². The lowest BCUT2D eigenvalue weighted by Crippen LogP contribution is -1.83. The monoisotopic (exact) mass is 333 g/mol. The number of rotatable bonds is 1. The fourth-order valence-corrected chi connectivity index (χ4v) is 3.43. The third kappa shape index (κ3) is 1.74. The summed E-state index contributed by atoms with van der Waals surface area (Å²) in [7, 11) is 0. The minimum absolute atomic E-state index is 0.376. The molecule has 1 heterocycles. The van der Waals surface area contributed by atoms with Gasteiger partial charge in [0.1, 0.15) is 0 Å². The van der Waals surface area contributed by atoms with Crippen molar-refractivity contribution in [1.82, 2.24) is 0 Å². The van der Waals surface area contributed by atoms with E-state index in [0.29, 0.717) is 11.4 Å². The molecule has 14 heavy (non-hydrogen) atoms. The number of halogens is 2. The van der Waals surface area contributed by atoms with Gasteiger partial charge in [-0.1, -0.05) is 11.6 Å². The maximum atomic E-state index is 8.63. The molecule has 1 nitrogen and oxygen atoms in total. The number of thiophene rings is 1. The average molecular weight is 334 g/mol. The van der Waals surface area contributed by atoms with Crippen LogP contribution in [0, 0.1) is 14.9 Å². The smallest absolute Gasteiger partial charge is 0.0670 e. The second-order valence-electron chi connectivity index (χ2n) is 2.86. The van der Waals surface area contributed by atoms with Crippen molar-refractivity contribution in [3.8, 4) is 6.07 Å². The summed E-state index contributed by atoms with van der Waals surface area (Å²) in [6.07, 6.45) is 0.376. The van der Waals surface area contributed by atoms with E-state index in [0.717, 1.165) is 5.56 Å². The Labute approximate surface area is 104 Å². The van der Waals surface area contributed by atoms with Crippen LogP contribution >= 0.6 is 45.5 Å². The summed E-state index contributed by atoms with van der Waals surface area (Å²) in [6.45, 7) is 0. The Balaban J connectivity index is 2.69. The Morgan fingerprint density at radius 1 is 1.50 bits per heavy atom. The lowest BCUT2D eigenvalue weighted by molar-refractivity contribution is 1.27. The van der Waals surface area contributed by atoms with E-state index >= 15 is 0 Å². The van der Waals surface area contributed by atoms with Gasteiger partial charge >= 0.3 is 0 Å². The second kappa shape index (κ2) is 4.05. The van der Waals surface area contributed by atoms with E-state index in [2.05, 4.69) is 34.0 Å². The topological polar surface area (TPSA) is 23.8 Å². The first kappa shape index (κ1) is 10.2. The van der Waals surface area contributed by atoms with Gasteiger partial charge in [0, 0.05) is 24.1 Å². The summed E-state index contributed by atoms with van der Waals surface area (Å²) in [4.78, 5) is 0. The third-order valence-corrected chi connectivity index (χ3v) is 4.58. The van der Waals surface area contributed by atoms with Gasteiger partial charge in [0.05, 0.1) is 12.5 Å². The Morgan fingerprint density at radius 3 is 3.00 bits per heavy atom. The van der Waals surface area contributed by atoms with Crippen LogP contribution in [0.1, 0.15) is 5.56 Å². The van der Waals surface area contributed by atoms with Gasteiger partial charge < -0.3 is 0 Å². The summed E-state index contributed by atoms with van der Waals surface area (Å²) in [5, 5.41) is 12.6. The van der Waals surface area contributed by atoms with Gasteiger partial charge in [-0.15, -0.1) is 11.3 Å². The molecule has 1 aromatic heterocycles. The fourth-order valence-electron chi connectivity index (χ4n) is 1.28. The van der Waals surface area contributed by atoms with Crippen molar-refractivity contribution in [2.45, 2.75) is 6.42 Å². The number of hydrogen-bond donors (Lipinski definition) is 0. The number of benzene rings is 1. The number of nitriles is 1. The van der Waals surface area contributed by atoms with E-state index < -0.39 is 0 Å². The molecule has 0 amide bonds. The molecule has 0 saturated carbocycles.